The number of rotatable bonds is 6. The molecule has 0 aliphatic carbocycles. The molecular formula is C28H42O. The van der Waals surface area contributed by atoms with Crippen LogP contribution in [0.5, 0.6) is 11.5 Å². The van der Waals surface area contributed by atoms with E-state index in [-0.39, 0.29) is 10.8 Å². The molecule has 0 saturated carbocycles. The van der Waals surface area contributed by atoms with Crippen LogP contribution in [0.25, 0.3) is 0 Å². The molecule has 0 amide bonds. The van der Waals surface area contributed by atoms with Crippen LogP contribution in [-0.4, -0.2) is 0 Å². The second-order valence-electron chi connectivity index (χ2n) is 11.4. The molecule has 0 aromatic heterocycles. The highest BCUT2D eigenvalue weighted by Gasteiger charge is 2.30. The lowest BCUT2D eigenvalue weighted by Crippen LogP contribution is -2.23. The Hall–Kier alpha value is -1.76. The Morgan fingerprint density at radius 3 is 1.00 bits per heavy atom. The highest BCUT2D eigenvalue weighted by atomic mass is 16.5. The first kappa shape index (κ1) is 23.5. The first-order chi connectivity index (χ1) is 13.3. The van der Waals surface area contributed by atoms with Crippen molar-refractivity contribution in [3.63, 3.8) is 0 Å². The average molecular weight is 395 g/mol. The molecule has 29 heavy (non-hydrogen) atoms. The van der Waals surface area contributed by atoms with Crippen molar-refractivity contribution in [2.24, 2.45) is 22.7 Å². The molecule has 2 rings (SSSR count). The van der Waals surface area contributed by atoms with Crippen molar-refractivity contribution in [1.82, 2.24) is 0 Å². The van der Waals surface area contributed by atoms with Gasteiger partial charge in [-0.3, -0.25) is 0 Å². The molecule has 0 heterocycles. The second kappa shape index (κ2) is 8.94. The van der Waals surface area contributed by atoms with Crippen LogP contribution >= 0.6 is 0 Å². The van der Waals surface area contributed by atoms with Gasteiger partial charge in [0.2, 0.25) is 0 Å². The van der Waals surface area contributed by atoms with Crippen molar-refractivity contribution < 1.29 is 4.74 Å². The zero-order valence-electron chi connectivity index (χ0n) is 20.3. The molecule has 2 atom stereocenters. The van der Waals surface area contributed by atoms with Crippen LogP contribution in [0.2, 0.25) is 0 Å². The predicted octanol–water partition coefficient (Wildman–Crippen LogP) is 9.05. The topological polar surface area (TPSA) is 9.23 Å². The summed E-state index contributed by atoms with van der Waals surface area (Å²) in [7, 11) is 0. The summed E-state index contributed by atoms with van der Waals surface area (Å²) in [6, 6.07) is 17.4. The van der Waals surface area contributed by atoms with Gasteiger partial charge in [0.25, 0.3) is 0 Å². The molecule has 1 nitrogen and oxygen atoms in total. The third-order valence-electron chi connectivity index (χ3n) is 5.91. The van der Waals surface area contributed by atoms with Crippen LogP contribution in [0.4, 0.5) is 0 Å². The van der Waals surface area contributed by atoms with Crippen molar-refractivity contribution in [3.8, 4) is 11.5 Å². The fraction of sp³-hybridized carbons (Fsp3) is 0.571. The Kier molecular flexibility index (Phi) is 7.25. The molecule has 0 aliphatic rings. The van der Waals surface area contributed by atoms with Crippen LogP contribution < -0.4 is 4.74 Å². The first-order valence-corrected chi connectivity index (χ1v) is 11.2. The molecule has 160 valence electrons. The van der Waals surface area contributed by atoms with E-state index in [4.69, 9.17) is 4.74 Å². The molecule has 0 radical (unpaired) electrons. The van der Waals surface area contributed by atoms with E-state index in [1.165, 1.54) is 11.1 Å². The maximum Gasteiger partial charge on any atom is 0.127 e. The third kappa shape index (κ3) is 6.11. The summed E-state index contributed by atoms with van der Waals surface area (Å²) in [5, 5.41) is 0. The summed E-state index contributed by atoms with van der Waals surface area (Å²) < 4.78 is 6.14. The molecule has 0 spiro atoms. The SMILES string of the molecule is CC(C)C(c1ccc(Oc2ccc(C(C(C)C)C(C)(C)C)cc2)cc1)C(C)(C)C. The number of hydrogen-bond acceptors (Lipinski definition) is 1. The van der Waals surface area contributed by atoms with Gasteiger partial charge >= 0.3 is 0 Å². The summed E-state index contributed by atoms with van der Waals surface area (Å²) >= 11 is 0. The van der Waals surface area contributed by atoms with Gasteiger partial charge in [-0.1, -0.05) is 93.5 Å². The molecule has 0 fully saturated rings. The number of hydrogen-bond donors (Lipinski definition) is 0. The van der Waals surface area contributed by atoms with E-state index < -0.39 is 0 Å². The van der Waals surface area contributed by atoms with E-state index in [0.29, 0.717) is 23.7 Å². The van der Waals surface area contributed by atoms with E-state index >= 15 is 0 Å². The van der Waals surface area contributed by atoms with Crippen LogP contribution in [0.15, 0.2) is 48.5 Å². The monoisotopic (exact) mass is 394 g/mol. The Labute approximate surface area is 179 Å². The van der Waals surface area contributed by atoms with Gasteiger partial charge in [0.15, 0.2) is 0 Å². The molecule has 0 aliphatic heterocycles. The van der Waals surface area contributed by atoms with Gasteiger partial charge < -0.3 is 4.74 Å². The predicted molar refractivity (Wildman–Crippen MR) is 127 cm³/mol. The van der Waals surface area contributed by atoms with Crippen LogP contribution in [0.1, 0.15) is 92.2 Å². The molecule has 2 aromatic rings. The molecule has 2 aromatic carbocycles. The Morgan fingerprint density at radius 1 is 0.517 bits per heavy atom. The average Bonchev–Trinajstić information content (AvgIpc) is 2.55. The minimum Gasteiger partial charge on any atom is -0.457 e. The van der Waals surface area contributed by atoms with Gasteiger partial charge in [-0.25, -0.2) is 0 Å². The Balaban J connectivity index is 2.17. The summed E-state index contributed by atoms with van der Waals surface area (Å²) in [5.74, 6) is 4.06. The zero-order valence-corrected chi connectivity index (χ0v) is 20.3. The lowest BCUT2D eigenvalue weighted by Gasteiger charge is -2.34. The van der Waals surface area contributed by atoms with E-state index in [0.717, 1.165) is 11.5 Å². The molecule has 2 unspecified atom stereocenters. The quantitative estimate of drug-likeness (QED) is 0.475. The summed E-state index contributed by atoms with van der Waals surface area (Å²) in [5.41, 5.74) is 3.26. The minimum atomic E-state index is 0.242. The van der Waals surface area contributed by atoms with Crippen molar-refractivity contribution in [2.45, 2.75) is 81.1 Å². The van der Waals surface area contributed by atoms with E-state index in [2.05, 4.69) is 118 Å². The number of ether oxygens (including phenoxy) is 1. The molecule has 0 saturated heterocycles. The minimum absolute atomic E-state index is 0.242. The maximum absolute atomic E-state index is 6.14. The van der Waals surface area contributed by atoms with Crippen molar-refractivity contribution in [2.75, 3.05) is 0 Å². The Morgan fingerprint density at radius 2 is 0.793 bits per heavy atom. The van der Waals surface area contributed by atoms with Crippen molar-refractivity contribution in [3.05, 3.63) is 59.7 Å². The Bertz CT molecular complexity index is 684. The van der Waals surface area contributed by atoms with E-state index in [1.54, 1.807) is 0 Å². The van der Waals surface area contributed by atoms with Gasteiger partial charge in [0.05, 0.1) is 0 Å². The fourth-order valence-electron chi connectivity index (χ4n) is 5.39. The van der Waals surface area contributed by atoms with Gasteiger partial charge in [-0.2, -0.15) is 0 Å². The maximum atomic E-state index is 6.14. The molecule has 0 N–H and O–H groups in total. The van der Waals surface area contributed by atoms with Gasteiger partial charge in [-0.15, -0.1) is 0 Å². The summed E-state index contributed by atoms with van der Waals surface area (Å²) in [6.07, 6.45) is 0. The van der Waals surface area contributed by atoms with Crippen molar-refractivity contribution in [1.29, 1.82) is 0 Å². The third-order valence-corrected chi connectivity index (χ3v) is 5.91. The molecule has 0 bridgehead atoms. The van der Waals surface area contributed by atoms with Crippen LogP contribution in [-0.2, 0) is 0 Å². The van der Waals surface area contributed by atoms with Gasteiger partial charge in [0.1, 0.15) is 11.5 Å². The lowest BCUT2D eigenvalue weighted by atomic mass is 9.70. The smallest absolute Gasteiger partial charge is 0.127 e. The normalized spacial score (nSPS) is 14.9. The number of benzene rings is 2. The first-order valence-electron chi connectivity index (χ1n) is 11.2. The molecule has 1 heteroatoms. The second-order valence-corrected chi connectivity index (χ2v) is 11.4. The largest absolute Gasteiger partial charge is 0.457 e. The van der Waals surface area contributed by atoms with Crippen LogP contribution in [0.3, 0.4) is 0 Å². The van der Waals surface area contributed by atoms with Crippen molar-refractivity contribution >= 4 is 0 Å². The molecular weight excluding hydrogens is 352 g/mol. The van der Waals surface area contributed by atoms with E-state index in [1.807, 2.05) is 0 Å². The van der Waals surface area contributed by atoms with Gasteiger partial charge in [0, 0.05) is 0 Å². The van der Waals surface area contributed by atoms with Gasteiger partial charge in [-0.05, 0) is 69.9 Å². The fourth-order valence-corrected chi connectivity index (χ4v) is 5.39. The van der Waals surface area contributed by atoms with Crippen LogP contribution in [0, 0.1) is 22.7 Å². The standard InChI is InChI=1S/C28H42O/c1-19(2)25(27(5,6)7)21-11-15-23(16-12-21)29-24-17-13-22(14-18-24)26(20(3)4)28(8,9)10/h11-20,25-26H,1-10H3. The lowest BCUT2D eigenvalue weighted by molar-refractivity contribution is 0.258. The van der Waals surface area contributed by atoms with E-state index in [9.17, 15) is 0 Å². The summed E-state index contributed by atoms with van der Waals surface area (Å²) in [6.45, 7) is 23.2. The summed E-state index contributed by atoms with van der Waals surface area (Å²) in [4.78, 5) is 0. The highest BCUT2D eigenvalue weighted by Crippen LogP contribution is 2.42. The highest BCUT2D eigenvalue weighted by molar-refractivity contribution is 5.37. The zero-order chi connectivity index (χ0) is 22.0.